The highest BCUT2D eigenvalue weighted by Gasteiger charge is 2.28. The van der Waals surface area contributed by atoms with Crippen LogP contribution in [0.3, 0.4) is 0 Å². The average molecular weight is 553 g/mol. The summed E-state index contributed by atoms with van der Waals surface area (Å²) in [5.41, 5.74) is 3.42. The summed E-state index contributed by atoms with van der Waals surface area (Å²) in [6, 6.07) is 35.1. The summed E-state index contributed by atoms with van der Waals surface area (Å²) in [6.45, 7) is 0. The monoisotopic (exact) mass is 552 g/mol. The van der Waals surface area contributed by atoms with Crippen LogP contribution < -0.4 is 10.6 Å². The summed E-state index contributed by atoms with van der Waals surface area (Å²) in [5.74, 6) is -1.21. The van der Waals surface area contributed by atoms with Crippen LogP contribution in [0, 0.1) is 0 Å². The Labute approximate surface area is 235 Å². The fourth-order valence-electron chi connectivity index (χ4n) is 4.30. The van der Waals surface area contributed by atoms with Gasteiger partial charge in [0.25, 0.3) is 0 Å². The molecule has 0 bridgehead atoms. The minimum Gasteiger partial charge on any atom is -0.343 e. The smallest absolute Gasteiger partial charge is 0.249 e. The summed E-state index contributed by atoms with van der Waals surface area (Å²) < 4.78 is 0. The highest BCUT2D eigenvalue weighted by atomic mass is 35.5. The van der Waals surface area contributed by atoms with E-state index < -0.39 is 12.0 Å². The van der Waals surface area contributed by atoms with E-state index in [0.29, 0.717) is 21.6 Å². The molecule has 1 heterocycles. The zero-order chi connectivity index (χ0) is 27.0. The first kappa shape index (κ1) is 26.3. The Morgan fingerprint density at radius 2 is 1.36 bits per heavy atom. The van der Waals surface area contributed by atoms with E-state index >= 15 is 0 Å². The third-order valence-corrected chi connectivity index (χ3v) is 7.29. The molecule has 0 fully saturated rings. The van der Waals surface area contributed by atoms with Crippen molar-refractivity contribution in [3.05, 3.63) is 137 Å². The standard InChI is InChI=1S/C31H25ClN4O2S/c32-25-18-10-17-24(20-25)30-35-36-31(39-30)34-28(37)26(19-21-11-4-1-5-12-21)33-29(38)27(22-13-6-2-7-14-22)23-15-8-3-9-16-23/h1-18,20,26-27H,19H2,(H,33,38)(H,34,36,37)/t26-/m1/s1. The molecule has 6 nitrogen and oxygen atoms in total. The first-order valence-corrected chi connectivity index (χ1v) is 13.6. The molecule has 0 aliphatic rings. The summed E-state index contributed by atoms with van der Waals surface area (Å²) in [6.07, 6.45) is 0.314. The van der Waals surface area contributed by atoms with E-state index in [1.807, 2.05) is 103 Å². The maximum atomic E-state index is 13.8. The second-order valence-corrected chi connectivity index (χ2v) is 10.3. The van der Waals surface area contributed by atoms with Crippen LogP contribution in [0.4, 0.5) is 5.13 Å². The molecule has 5 rings (SSSR count). The molecule has 8 heteroatoms. The van der Waals surface area contributed by atoms with Crippen molar-refractivity contribution < 1.29 is 9.59 Å². The molecule has 4 aromatic carbocycles. The molecule has 0 unspecified atom stereocenters. The van der Waals surface area contributed by atoms with Gasteiger partial charge in [-0.2, -0.15) is 0 Å². The second-order valence-electron chi connectivity index (χ2n) is 8.92. The topological polar surface area (TPSA) is 84.0 Å². The molecule has 2 amide bonds. The van der Waals surface area contributed by atoms with Crippen molar-refractivity contribution in [3.63, 3.8) is 0 Å². The van der Waals surface area contributed by atoms with Gasteiger partial charge in [0.05, 0.1) is 5.92 Å². The lowest BCUT2D eigenvalue weighted by atomic mass is 9.90. The molecule has 0 aliphatic carbocycles. The molecule has 1 atom stereocenters. The van der Waals surface area contributed by atoms with E-state index in [4.69, 9.17) is 11.6 Å². The summed E-state index contributed by atoms with van der Waals surface area (Å²) in [5, 5.41) is 15.8. The number of anilines is 1. The zero-order valence-corrected chi connectivity index (χ0v) is 22.4. The zero-order valence-electron chi connectivity index (χ0n) is 20.8. The summed E-state index contributed by atoms with van der Waals surface area (Å²) in [4.78, 5) is 27.3. The van der Waals surface area contributed by atoms with Crippen molar-refractivity contribution in [2.45, 2.75) is 18.4 Å². The lowest BCUT2D eigenvalue weighted by molar-refractivity contribution is -0.126. The van der Waals surface area contributed by atoms with Gasteiger partial charge >= 0.3 is 0 Å². The number of nitrogens with one attached hydrogen (secondary N) is 2. The normalized spacial score (nSPS) is 11.6. The van der Waals surface area contributed by atoms with Gasteiger partial charge in [0, 0.05) is 17.0 Å². The first-order chi connectivity index (χ1) is 19.1. The Bertz CT molecular complexity index is 1510. The Hall–Kier alpha value is -4.33. The number of carbonyl (C=O) groups is 2. The largest absolute Gasteiger partial charge is 0.343 e. The fourth-order valence-corrected chi connectivity index (χ4v) is 5.24. The van der Waals surface area contributed by atoms with Gasteiger partial charge in [-0.25, -0.2) is 0 Å². The van der Waals surface area contributed by atoms with Gasteiger partial charge in [0.15, 0.2) is 0 Å². The van der Waals surface area contributed by atoms with E-state index in [0.717, 1.165) is 22.3 Å². The molecule has 0 saturated carbocycles. The Balaban J connectivity index is 1.40. The third kappa shape index (κ3) is 6.76. The summed E-state index contributed by atoms with van der Waals surface area (Å²) in [7, 11) is 0. The number of rotatable bonds is 9. The van der Waals surface area contributed by atoms with Crippen LogP contribution in [-0.2, 0) is 16.0 Å². The number of aromatic nitrogens is 2. The molecule has 0 spiro atoms. The minimum atomic E-state index is -0.839. The predicted octanol–water partition coefficient (Wildman–Crippen LogP) is 6.36. The van der Waals surface area contributed by atoms with Gasteiger partial charge < -0.3 is 5.32 Å². The van der Waals surface area contributed by atoms with Crippen LogP contribution in [-0.4, -0.2) is 28.1 Å². The predicted molar refractivity (Wildman–Crippen MR) is 156 cm³/mol. The van der Waals surface area contributed by atoms with Crippen molar-refractivity contribution in [3.8, 4) is 10.6 Å². The molecule has 1 aromatic heterocycles. The van der Waals surface area contributed by atoms with Crippen molar-refractivity contribution >= 4 is 39.9 Å². The Morgan fingerprint density at radius 3 is 1.97 bits per heavy atom. The highest BCUT2D eigenvalue weighted by Crippen LogP contribution is 2.29. The molecule has 0 aliphatic heterocycles. The van der Waals surface area contributed by atoms with Gasteiger partial charge in [-0.05, 0) is 28.8 Å². The molecule has 5 aromatic rings. The van der Waals surface area contributed by atoms with Gasteiger partial charge in [0.2, 0.25) is 16.9 Å². The number of carbonyl (C=O) groups excluding carboxylic acids is 2. The average Bonchev–Trinajstić information content (AvgIpc) is 3.43. The van der Waals surface area contributed by atoms with E-state index in [2.05, 4.69) is 20.8 Å². The maximum absolute atomic E-state index is 13.8. The molecule has 0 saturated heterocycles. The lowest BCUT2D eigenvalue weighted by Crippen LogP contribution is -2.47. The summed E-state index contributed by atoms with van der Waals surface area (Å²) >= 11 is 7.35. The van der Waals surface area contributed by atoms with Crippen molar-refractivity contribution in [1.29, 1.82) is 0 Å². The Kier molecular flexibility index (Phi) is 8.41. The van der Waals surface area contributed by atoms with E-state index in [1.165, 1.54) is 11.3 Å². The number of nitrogens with zero attached hydrogens (tertiary/aromatic N) is 2. The number of amides is 2. The van der Waals surface area contributed by atoms with Crippen LogP contribution in [0.5, 0.6) is 0 Å². The van der Waals surface area contributed by atoms with Crippen molar-refractivity contribution in [1.82, 2.24) is 15.5 Å². The minimum absolute atomic E-state index is 0.264. The molecule has 0 radical (unpaired) electrons. The molecule has 39 heavy (non-hydrogen) atoms. The van der Waals surface area contributed by atoms with Crippen LogP contribution in [0.15, 0.2) is 115 Å². The maximum Gasteiger partial charge on any atom is 0.249 e. The van der Waals surface area contributed by atoms with Gasteiger partial charge in [-0.1, -0.05) is 126 Å². The Morgan fingerprint density at radius 1 is 0.744 bits per heavy atom. The van der Waals surface area contributed by atoms with E-state index in [9.17, 15) is 9.59 Å². The first-order valence-electron chi connectivity index (χ1n) is 12.4. The molecular weight excluding hydrogens is 528 g/mol. The number of benzene rings is 4. The van der Waals surface area contributed by atoms with Gasteiger partial charge in [-0.15, -0.1) is 10.2 Å². The fraction of sp³-hybridized carbons (Fsp3) is 0.0968. The van der Waals surface area contributed by atoms with Crippen LogP contribution in [0.2, 0.25) is 5.02 Å². The highest BCUT2D eigenvalue weighted by molar-refractivity contribution is 7.18. The van der Waals surface area contributed by atoms with E-state index in [1.54, 1.807) is 12.1 Å². The SMILES string of the molecule is O=C(N[C@H](Cc1ccccc1)C(=O)Nc1nnc(-c2cccc(Cl)c2)s1)C(c1ccccc1)c1ccccc1. The number of hydrogen-bond donors (Lipinski definition) is 2. The number of halogens is 1. The molecular formula is C31H25ClN4O2S. The van der Waals surface area contributed by atoms with Crippen molar-refractivity contribution in [2.75, 3.05) is 5.32 Å². The van der Waals surface area contributed by atoms with Crippen LogP contribution in [0.1, 0.15) is 22.6 Å². The quantitative estimate of drug-likeness (QED) is 0.223. The van der Waals surface area contributed by atoms with Crippen LogP contribution in [0.25, 0.3) is 10.6 Å². The van der Waals surface area contributed by atoms with Crippen LogP contribution >= 0.6 is 22.9 Å². The second kappa shape index (κ2) is 12.5. The lowest BCUT2D eigenvalue weighted by Gasteiger charge is -2.23. The van der Waals surface area contributed by atoms with Gasteiger partial charge in [0.1, 0.15) is 11.0 Å². The molecule has 2 N–H and O–H groups in total. The molecule has 194 valence electrons. The third-order valence-electron chi connectivity index (χ3n) is 6.17. The number of hydrogen-bond acceptors (Lipinski definition) is 5. The van der Waals surface area contributed by atoms with Gasteiger partial charge in [-0.3, -0.25) is 14.9 Å². The van der Waals surface area contributed by atoms with E-state index in [-0.39, 0.29) is 11.8 Å². The van der Waals surface area contributed by atoms with Crippen molar-refractivity contribution in [2.24, 2.45) is 0 Å².